The molecule has 1 aliphatic heterocycles. The first-order valence-electron chi connectivity index (χ1n) is 12.3. The lowest BCUT2D eigenvalue weighted by atomic mass is 10.2. The third-order valence-electron chi connectivity index (χ3n) is 6.39. The first kappa shape index (κ1) is 25.4. The van der Waals surface area contributed by atoms with Gasteiger partial charge in [0.1, 0.15) is 5.76 Å². The Labute approximate surface area is 217 Å². The minimum Gasteiger partial charge on any atom is -0.455 e. The van der Waals surface area contributed by atoms with Gasteiger partial charge in [-0.05, 0) is 49.2 Å². The summed E-state index contributed by atoms with van der Waals surface area (Å²) in [7, 11) is 0. The van der Waals surface area contributed by atoms with Gasteiger partial charge in [0.05, 0.1) is 6.54 Å². The fraction of sp³-hybridized carbons (Fsp3) is 0.345. The number of carbonyl (C=O) groups excluding carboxylic acids is 1. The maximum atomic E-state index is 13.0. The summed E-state index contributed by atoms with van der Waals surface area (Å²) in [4.78, 5) is 19.7. The largest absolute Gasteiger partial charge is 0.455 e. The molecule has 4 rings (SSSR count). The van der Waals surface area contributed by atoms with Gasteiger partial charge in [-0.15, -0.1) is 0 Å². The molecule has 0 N–H and O–H groups in total. The van der Waals surface area contributed by atoms with E-state index in [1.165, 1.54) is 11.1 Å². The molecule has 0 spiro atoms. The number of piperazine rings is 1. The minimum atomic E-state index is -0.0141. The van der Waals surface area contributed by atoms with E-state index in [2.05, 4.69) is 88.1 Å². The molecule has 0 saturated carbocycles. The van der Waals surface area contributed by atoms with Gasteiger partial charge in [-0.1, -0.05) is 70.5 Å². The maximum Gasteiger partial charge on any atom is 0.289 e. The highest BCUT2D eigenvalue weighted by Crippen LogP contribution is 2.19. The van der Waals surface area contributed by atoms with E-state index in [0.717, 1.165) is 49.5 Å². The quantitative estimate of drug-likeness (QED) is 0.340. The van der Waals surface area contributed by atoms with Crippen molar-refractivity contribution in [2.75, 3.05) is 32.7 Å². The van der Waals surface area contributed by atoms with Crippen molar-refractivity contribution in [3.63, 3.8) is 0 Å². The van der Waals surface area contributed by atoms with Crippen LogP contribution >= 0.6 is 15.9 Å². The number of halogens is 1. The highest BCUT2D eigenvalue weighted by Gasteiger charge is 2.24. The third kappa shape index (κ3) is 7.40. The van der Waals surface area contributed by atoms with Crippen molar-refractivity contribution in [3.05, 3.63) is 99.9 Å². The van der Waals surface area contributed by atoms with Gasteiger partial charge >= 0.3 is 0 Å². The number of rotatable bonds is 9. The van der Waals surface area contributed by atoms with Crippen LogP contribution in [0.4, 0.5) is 0 Å². The van der Waals surface area contributed by atoms with Gasteiger partial charge in [0, 0.05) is 49.8 Å². The van der Waals surface area contributed by atoms with Crippen molar-refractivity contribution < 1.29 is 9.21 Å². The molecule has 35 heavy (non-hydrogen) atoms. The Hall–Kier alpha value is -2.67. The number of carbonyl (C=O) groups is 1. The second-order valence-corrected chi connectivity index (χ2v) is 10.2. The lowest BCUT2D eigenvalue weighted by Gasteiger charge is -2.33. The summed E-state index contributed by atoms with van der Waals surface area (Å²) in [5.41, 5.74) is 2.46. The van der Waals surface area contributed by atoms with E-state index in [4.69, 9.17) is 4.42 Å². The van der Waals surface area contributed by atoms with Gasteiger partial charge in [-0.25, -0.2) is 0 Å². The first-order valence-corrected chi connectivity index (χ1v) is 13.1. The molecule has 1 amide bonds. The molecule has 1 saturated heterocycles. The van der Waals surface area contributed by atoms with Crippen LogP contribution in [0.1, 0.15) is 41.3 Å². The Bertz CT molecular complexity index is 1100. The summed E-state index contributed by atoms with van der Waals surface area (Å²) in [6.45, 7) is 9.93. The van der Waals surface area contributed by atoms with Crippen LogP contribution in [-0.4, -0.2) is 59.4 Å². The molecule has 1 aromatic heterocycles. The number of amides is 1. The SMILES string of the molecule is CC(C)N(Cc1ccc(Br)cc1)Cc1ccc(C(=O)N2CCN(C/C=C/c3ccccc3)CC2)o1. The van der Waals surface area contributed by atoms with Crippen molar-refractivity contribution >= 4 is 27.9 Å². The zero-order valence-corrected chi connectivity index (χ0v) is 22.2. The van der Waals surface area contributed by atoms with Crippen LogP contribution in [0, 0.1) is 0 Å². The van der Waals surface area contributed by atoms with Crippen LogP contribution in [-0.2, 0) is 13.1 Å². The summed E-state index contributed by atoms with van der Waals surface area (Å²) in [5.74, 6) is 1.24. The summed E-state index contributed by atoms with van der Waals surface area (Å²) in [6, 6.07) is 22.8. The Kier molecular flexibility index (Phi) is 8.96. The second kappa shape index (κ2) is 12.3. The van der Waals surface area contributed by atoms with Gasteiger partial charge in [-0.2, -0.15) is 0 Å². The number of furan rings is 1. The van der Waals surface area contributed by atoms with E-state index in [0.29, 0.717) is 18.3 Å². The van der Waals surface area contributed by atoms with E-state index >= 15 is 0 Å². The average Bonchev–Trinajstić information content (AvgIpc) is 3.34. The standard InChI is InChI=1S/C29H34BrN3O2/c1-23(2)33(21-25-10-12-26(30)13-11-25)22-27-14-15-28(35-27)29(34)32-19-17-31(18-20-32)16-6-9-24-7-4-3-5-8-24/h3-15,23H,16-22H2,1-2H3/b9-6+. The number of nitrogens with zero attached hydrogens (tertiary/aromatic N) is 3. The topological polar surface area (TPSA) is 39.9 Å². The lowest BCUT2D eigenvalue weighted by molar-refractivity contribution is 0.0614. The van der Waals surface area contributed by atoms with Crippen LogP contribution in [0.15, 0.2) is 81.7 Å². The van der Waals surface area contributed by atoms with Crippen LogP contribution in [0.3, 0.4) is 0 Å². The number of hydrogen-bond donors (Lipinski definition) is 0. The van der Waals surface area contributed by atoms with Crippen molar-refractivity contribution in [2.24, 2.45) is 0 Å². The summed E-state index contributed by atoms with van der Waals surface area (Å²) in [5, 5.41) is 0. The Morgan fingerprint density at radius 1 is 0.971 bits per heavy atom. The third-order valence-corrected chi connectivity index (χ3v) is 6.92. The van der Waals surface area contributed by atoms with Crippen molar-refractivity contribution in [2.45, 2.75) is 33.0 Å². The van der Waals surface area contributed by atoms with Gasteiger partial charge in [-0.3, -0.25) is 14.6 Å². The molecule has 0 bridgehead atoms. The summed E-state index contributed by atoms with van der Waals surface area (Å²) >= 11 is 3.50. The van der Waals surface area contributed by atoms with Crippen molar-refractivity contribution in [1.29, 1.82) is 0 Å². The van der Waals surface area contributed by atoms with E-state index < -0.39 is 0 Å². The fourth-order valence-corrected chi connectivity index (χ4v) is 4.48. The normalized spacial score (nSPS) is 14.9. The number of benzene rings is 2. The molecule has 6 heteroatoms. The van der Waals surface area contributed by atoms with Crippen LogP contribution in [0.2, 0.25) is 0 Å². The smallest absolute Gasteiger partial charge is 0.289 e. The Balaban J connectivity index is 1.27. The van der Waals surface area contributed by atoms with E-state index in [1.807, 2.05) is 35.2 Å². The number of hydrogen-bond acceptors (Lipinski definition) is 4. The van der Waals surface area contributed by atoms with Crippen LogP contribution < -0.4 is 0 Å². The first-order chi connectivity index (χ1) is 17.0. The highest BCUT2D eigenvalue weighted by atomic mass is 79.9. The second-order valence-electron chi connectivity index (χ2n) is 9.30. The van der Waals surface area contributed by atoms with Crippen LogP contribution in [0.5, 0.6) is 0 Å². The molecule has 0 atom stereocenters. The molecule has 0 unspecified atom stereocenters. The fourth-order valence-electron chi connectivity index (χ4n) is 4.21. The van der Waals surface area contributed by atoms with Gasteiger partial charge in [0.25, 0.3) is 5.91 Å². The molecule has 2 heterocycles. The molecule has 184 valence electrons. The Morgan fingerprint density at radius 2 is 1.69 bits per heavy atom. The molecular weight excluding hydrogens is 502 g/mol. The summed E-state index contributed by atoms with van der Waals surface area (Å²) in [6.07, 6.45) is 4.35. The van der Waals surface area contributed by atoms with Gasteiger partial charge in [0.2, 0.25) is 0 Å². The molecule has 2 aromatic carbocycles. The van der Waals surface area contributed by atoms with E-state index in [9.17, 15) is 4.79 Å². The molecule has 5 nitrogen and oxygen atoms in total. The molecule has 1 aliphatic rings. The van der Waals surface area contributed by atoms with Crippen molar-refractivity contribution in [1.82, 2.24) is 14.7 Å². The zero-order chi connectivity index (χ0) is 24.6. The van der Waals surface area contributed by atoms with Gasteiger partial charge in [0.15, 0.2) is 5.76 Å². The Morgan fingerprint density at radius 3 is 2.37 bits per heavy atom. The van der Waals surface area contributed by atoms with E-state index in [1.54, 1.807) is 0 Å². The monoisotopic (exact) mass is 535 g/mol. The van der Waals surface area contributed by atoms with E-state index in [-0.39, 0.29) is 5.91 Å². The van der Waals surface area contributed by atoms with Crippen LogP contribution in [0.25, 0.3) is 6.08 Å². The summed E-state index contributed by atoms with van der Waals surface area (Å²) < 4.78 is 7.09. The zero-order valence-electron chi connectivity index (χ0n) is 20.6. The predicted octanol–water partition coefficient (Wildman–Crippen LogP) is 5.92. The molecule has 3 aromatic rings. The molecular formula is C29H34BrN3O2. The average molecular weight is 537 g/mol. The highest BCUT2D eigenvalue weighted by molar-refractivity contribution is 9.10. The lowest BCUT2D eigenvalue weighted by Crippen LogP contribution is -2.48. The predicted molar refractivity (Wildman–Crippen MR) is 145 cm³/mol. The molecule has 1 fully saturated rings. The van der Waals surface area contributed by atoms with Crippen molar-refractivity contribution in [3.8, 4) is 0 Å². The van der Waals surface area contributed by atoms with Gasteiger partial charge < -0.3 is 9.32 Å². The minimum absolute atomic E-state index is 0.0141. The maximum absolute atomic E-state index is 13.0. The molecule has 0 aliphatic carbocycles. The molecule has 0 radical (unpaired) electrons.